The summed E-state index contributed by atoms with van der Waals surface area (Å²) < 4.78 is 12.5. The lowest BCUT2D eigenvalue weighted by Gasteiger charge is -2.69. The second-order valence-electron chi connectivity index (χ2n) is 15.6. The first-order valence-corrected chi connectivity index (χ1v) is 14.2. The number of ketones is 2. The van der Waals surface area contributed by atoms with Gasteiger partial charge in [0.15, 0.2) is 17.2 Å². The zero-order valence-electron chi connectivity index (χ0n) is 23.2. The number of carbonyl (C=O) groups is 3. The van der Waals surface area contributed by atoms with E-state index in [4.69, 9.17) is 9.47 Å². The highest BCUT2D eigenvalue weighted by molar-refractivity contribution is 6.05. The third-order valence-electron chi connectivity index (χ3n) is 13.5. The number of nitrogens with zero attached hydrogens (tertiary/aromatic N) is 1. The molecule has 0 radical (unpaired) electrons. The van der Waals surface area contributed by atoms with Crippen molar-refractivity contribution in [3.8, 4) is 6.07 Å². The van der Waals surface area contributed by atoms with Crippen LogP contribution in [0.5, 0.6) is 0 Å². The zero-order chi connectivity index (χ0) is 26.8. The van der Waals surface area contributed by atoms with E-state index in [9.17, 15) is 19.6 Å². The minimum atomic E-state index is -1.43. The van der Waals surface area contributed by atoms with E-state index in [1.165, 1.54) is 0 Å². The Hall–Kier alpha value is -2.00. The Morgan fingerprint density at radius 2 is 1.59 bits per heavy atom. The van der Waals surface area contributed by atoms with Crippen LogP contribution in [0.25, 0.3) is 0 Å². The van der Waals surface area contributed by atoms with Gasteiger partial charge in [0.25, 0.3) is 0 Å². The third kappa shape index (κ3) is 2.12. The van der Waals surface area contributed by atoms with Gasteiger partial charge >= 0.3 is 5.97 Å². The summed E-state index contributed by atoms with van der Waals surface area (Å²) in [6.45, 7) is 15.0. The SMILES string of the molecule is CC1(C)CC[C@@]23CC[C@]4(C)C(OC2=O)(C(=O)C=C2[C@@]5(C)[C@H]6O[C@@]6(C#N)C(=O)C(C)(C)[C@@H]5CC[C@]24C)C3C1. The maximum Gasteiger partial charge on any atom is 0.313 e. The van der Waals surface area contributed by atoms with Gasteiger partial charge in [-0.1, -0.05) is 54.0 Å². The standard InChI is InChI=1S/C31H39NO5/c1-24(2)10-12-29-13-11-27(6)26(5)9-8-17-25(3,4)21(34)30(16-32)22(36-30)28(17,7)18(26)14-20(33)31(27,19(29)15-24)37-23(29)35/h14,17,19,22H,8-13,15H2,1-7H3/t17-,19?,22+,26+,27-,28-,29-,30-,31?/m0/s1. The number of epoxide rings is 1. The molecule has 9 atom stereocenters. The number of nitriles is 1. The van der Waals surface area contributed by atoms with Crippen LogP contribution in [0.4, 0.5) is 0 Å². The summed E-state index contributed by atoms with van der Waals surface area (Å²) in [5, 5.41) is 10.1. The van der Waals surface area contributed by atoms with Crippen LogP contribution in [0.15, 0.2) is 11.6 Å². The van der Waals surface area contributed by atoms with E-state index in [-0.39, 0.29) is 34.8 Å². The van der Waals surface area contributed by atoms with E-state index < -0.39 is 44.4 Å². The van der Waals surface area contributed by atoms with Crippen molar-refractivity contribution in [2.75, 3.05) is 0 Å². The van der Waals surface area contributed by atoms with Crippen LogP contribution in [0.2, 0.25) is 0 Å². The van der Waals surface area contributed by atoms with Gasteiger partial charge in [-0.15, -0.1) is 0 Å². The molecule has 2 heterocycles. The number of hydrogen-bond acceptors (Lipinski definition) is 6. The van der Waals surface area contributed by atoms with Gasteiger partial charge in [0.1, 0.15) is 12.2 Å². The molecule has 0 aromatic rings. The zero-order valence-corrected chi connectivity index (χ0v) is 23.2. The van der Waals surface area contributed by atoms with Crippen molar-refractivity contribution in [3.05, 3.63) is 11.6 Å². The quantitative estimate of drug-likeness (QED) is 0.336. The lowest BCUT2D eigenvalue weighted by Crippen LogP contribution is -2.72. The largest absolute Gasteiger partial charge is 0.449 e. The first-order chi connectivity index (χ1) is 17.0. The summed E-state index contributed by atoms with van der Waals surface area (Å²) >= 11 is 0. The fourth-order valence-corrected chi connectivity index (χ4v) is 11.3. The summed E-state index contributed by atoms with van der Waals surface area (Å²) in [5.74, 6) is -0.527. The molecular formula is C31H39NO5. The van der Waals surface area contributed by atoms with Gasteiger partial charge in [-0.25, -0.2) is 0 Å². The first-order valence-electron chi connectivity index (χ1n) is 14.2. The highest BCUT2D eigenvalue weighted by atomic mass is 16.6. The van der Waals surface area contributed by atoms with Gasteiger partial charge < -0.3 is 9.47 Å². The Morgan fingerprint density at radius 3 is 2.27 bits per heavy atom. The summed E-state index contributed by atoms with van der Waals surface area (Å²) in [6, 6.07) is 2.23. The molecule has 2 unspecified atom stereocenters. The number of Topliss-reactive ketones (excluding diaryl/α,β-unsaturated/α-hetero) is 1. The van der Waals surface area contributed by atoms with Gasteiger partial charge in [0.2, 0.25) is 5.60 Å². The molecule has 0 N–H and O–H groups in total. The van der Waals surface area contributed by atoms with Crippen molar-refractivity contribution < 1.29 is 23.9 Å². The predicted octanol–water partition coefficient (Wildman–Crippen LogP) is 5.10. The number of rotatable bonds is 0. The second-order valence-corrected chi connectivity index (χ2v) is 15.6. The second kappa shape index (κ2) is 6.09. The number of ether oxygens (including phenoxy) is 2. The van der Waals surface area contributed by atoms with Crippen LogP contribution >= 0.6 is 0 Å². The molecule has 0 aromatic carbocycles. The van der Waals surface area contributed by atoms with E-state index in [2.05, 4.69) is 40.7 Å². The lowest BCUT2D eigenvalue weighted by atomic mass is 9.33. The van der Waals surface area contributed by atoms with Crippen molar-refractivity contribution in [2.24, 2.45) is 44.3 Å². The third-order valence-corrected chi connectivity index (χ3v) is 13.5. The van der Waals surface area contributed by atoms with E-state index in [1.807, 2.05) is 13.8 Å². The van der Waals surface area contributed by atoms with Crippen molar-refractivity contribution in [3.63, 3.8) is 0 Å². The lowest BCUT2D eigenvalue weighted by molar-refractivity contribution is -0.209. The molecule has 2 aliphatic heterocycles. The fourth-order valence-electron chi connectivity index (χ4n) is 11.3. The minimum absolute atomic E-state index is 0.0336. The molecule has 7 rings (SSSR count). The Morgan fingerprint density at radius 1 is 0.919 bits per heavy atom. The minimum Gasteiger partial charge on any atom is -0.449 e. The Kier molecular flexibility index (Phi) is 3.96. The summed E-state index contributed by atoms with van der Waals surface area (Å²) in [5.41, 5.74) is -4.43. The van der Waals surface area contributed by atoms with Crippen LogP contribution < -0.4 is 0 Å². The first kappa shape index (κ1) is 24.1. The number of carbonyl (C=O) groups excluding carboxylic acids is 3. The van der Waals surface area contributed by atoms with Crippen LogP contribution in [0.1, 0.15) is 93.4 Å². The van der Waals surface area contributed by atoms with Gasteiger partial charge in [-0.3, -0.25) is 14.4 Å². The molecule has 1 spiro atoms. The Balaban J connectivity index is 1.45. The van der Waals surface area contributed by atoms with Crippen molar-refractivity contribution >= 4 is 17.5 Å². The number of esters is 1. The average Bonchev–Trinajstić information content (AvgIpc) is 3.54. The normalized spacial score (nSPS) is 55.9. The van der Waals surface area contributed by atoms with Crippen LogP contribution in [-0.2, 0) is 23.9 Å². The molecule has 4 saturated carbocycles. The average molecular weight is 506 g/mol. The van der Waals surface area contributed by atoms with E-state index in [0.717, 1.165) is 50.5 Å². The molecule has 2 bridgehead atoms. The maximum atomic E-state index is 14.6. The molecule has 0 amide bonds. The highest BCUT2D eigenvalue weighted by Gasteiger charge is 2.86. The molecule has 2 saturated heterocycles. The topological polar surface area (TPSA) is 96.8 Å². The molecule has 6 nitrogen and oxygen atoms in total. The molecule has 5 aliphatic carbocycles. The van der Waals surface area contributed by atoms with E-state index >= 15 is 0 Å². The van der Waals surface area contributed by atoms with Crippen molar-refractivity contribution in [2.45, 2.75) is 111 Å². The van der Waals surface area contributed by atoms with E-state index in [1.54, 1.807) is 6.08 Å². The van der Waals surface area contributed by atoms with Gasteiger partial charge in [-0.05, 0) is 67.8 Å². The Labute approximate surface area is 219 Å². The van der Waals surface area contributed by atoms with Gasteiger partial charge in [0, 0.05) is 22.2 Å². The Bertz CT molecular complexity index is 1290. The predicted molar refractivity (Wildman–Crippen MR) is 134 cm³/mol. The maximum absolute atomic E-state index is 14.6. The van der Waals surface area contributed by atoms with Crippen LogP contribution in [0, 0.1) is 55.7 Å². The van der Waals surface area contributed by atoms with E-state index in [0.29, 0.717) is 0 Å². The highest BCUT2D eigenvalue weighted by Crippen LogP contribution is 2.80. The van der Waals surface area contributed by atoms with Crippen molar-refractivity contribution in [1.82, 2.24) is 0 Å². The fraction of sp³-hybridized carbons (Fsp3) is 0.806. The monoisotopic (exact) mass is 505 g/mol. The molecule has 198 valence electrons. The summed E-state index contributed by atoms with van der Waals surface area (Å²) in [7, 11) is 0. The van der Waals surface area contributed by atoms with Crippen LogP contribution in [0.3, 0.4) is 0 Å². The molecular weight excluding hydrogens is 466 g/mol. The van der Waals surface area contributed by atoms with Gasteiger partial charge in [-0.2, -0.15) is 5.26 Å². The molecule has 6 heteroatoms. The smallest absolute Gasteiger partial charge is 0.313 e. The molecule has 7 aliphatic rings. The van der Waals surface area contributed by atoms with Crippen LogP contribution in [-0.4, -0.2) is 34.8 Å². The van der Waals surface area contributed by atoms with Gasteiger partial charge in [0.05, 0.1) is 5.41 Å². The molecule has 37 heavy (non-hydrogen) atoms. The number of hydrogen-bond donors (Lipinski definition) is 0. The number of fused-ring (bicyclic) bond motifs is 6. The summed E-state index contributed by atoms with van der Waals surface area (Å²) in [6.07, 6.45) is 6.96. The molecule has 6 fully saturated rings. The summed E-state index contributed by atoms with van der Waals surface area (Å²) in [4.78, 5) is 41.8. The molecule has 0 aromatic heterocycles. The van der Waals surface area contributed by atoms with Crippen molar-refractivity contribution in [1.29, 1.82) is 5.26 Å².